The Balaban J connectivity index is 1.71. The summed E-state index contributed by atoms with van der Waals surface area (Å²) in [5.74, 6) is 0. The third-order valence-corrected chi connectivity index (χ3v) is 5.79. The minimum Gasteiger partial charge on any atom is -0.355 e. The van der Waals surface area contributed by atoms with Crippen LogP contribution in [0.5, 0.6) is 0 Å². The third kappa shape index (κ3) is 3.05. The van der Waals surface area contributed by atoms with Crippen molar-refractivity contribution in [1.29, 1.82) is 0 Å². The number of benzene rings is 2. The Morgan fingerprint density at radius 3 is 2.60 bits per heavy atom. The van der Waals surface area contributed by atoms with E-state index in [0.29, 0.717) is 0 Å². The van der Waals surface area contributed by atoms with E-state index in [2.05, 4.69) is 60.6 Å². The number of fused-ring (bicyclic) bond motifs is 2. The predicted molar refractivity (Wildman–Crippen MR) is 106 cm³/mol. The number of hydrogen-bond acceptors (Lipinski definition) is 3. The first-order valence-corrected chi connectivity index (χ1v) is 9.47. The zero-order valence-electron chi connectivity index (χ0n) is 15.2. The van der Waals surface area contributed by atoms with E-state index in [0.717, 1.165) is 43.4 Å². The van der Waals surface area contributed by atoms with E-state index in [1.165, 1.54) is 27.9 Å². The van der Waals surface area contributed by atoms with Crippen LogP contribution in [0.2, 0.25) is 5.02 Å². The fraction of sp³-hybridized carbons (Fsp3) is 0.429. The van der Waals surface area contributed by atoms with Crippen molar-refractivity contribution in [2.45, 2.75) is 32.7 Å². The van der Waals surface area contributed by atoms with Crippen molar-refractivity contribution < 1.29 is 0 Å². The van der Waals surface area contributed by atoms with E-state index in [-0.39, 0.29) is 5.41 Å². The van der Waals surface area contributed by atoms with Crippen molar-refractivity contribution in [3.8, 4) is 0 Å². The van der Waals surface area contributed by atoms with Crippen molar-refractivity contribution in [3.63, 3.8) is 0 Å². The summed E-state index contributed by atoms with van der Waals surface area (Å²) in [5.41, 5.74) is 7.66. The van der Waals surface area contributed by atoms with E-state index in [4.69, 9.17) is 11.6 Å². The Bertz CT molecular complexity index is 807. The van der Waals surface area contributed by atoms with Crippen LogP contribution in [-0.4, -0.2) is 31.1 Å². The van der Waals surface area contributed by atoms with Crippen molar-refractivity contribution in [2.75, 3.05) is 31.5 Å². The van der Waals surface area contributed by atoms with Crippen LogP contribution in [0.3, 0.4) is 0 Å². The minimum atomic E-state index is -0.0376. The quantitative estimate of drug-likeness (QED) is 0.834. The number of anilines is 2. The molecule has 4 rings (SSSR count). The maximum Gasteiger partial charge on any atom is 0.0443 e. The molecule has 25 heavy (non-hydrogen) atoms. The molecule has 4 heteroatoms. The monoisotopic (exact) mass is 355 g/mol. The van der Waals surface area contributed by atoms with Crippen molar-refractivity contribution in [3.05, 3.63) is 57.6 Å². The van der Waals surface area contributed by atoms with Gasteiger partial charge < -0.3 is 10.6 Å². The predicted octanol–water partition coefficient (Wildman–Crippen LogP) is 4.44. The molecule has 0 aliphatic carbocycles. The molecule has 2 aliphatic rings. The molecule has 1 fully saturated rings. The molecule has 0 saturated carbocycles. The lowest BCUT2D eigenvalue weighted by atomic mass is 9.72. The van der Waals surface area contributed by atoms with Gasteiger partial charge in [0.25, 0.3) is 0 Å². The lowest BCUT2D eigenvalue weighted by Gasteiger charge is -2.37. The summed E-state index contributed by atoms with van der Waals surface area (Å²) >= 11 is 6.29. The van der Waals surface area contributed by atoms with Gasteiger partial charge in [-0.2, -0.15) is 0 Å². The lowest BCUT2D eigenvalue weighted by molar-refractivity contribution is 0.233. The molecule has 0 radical (unpaired) electrons. The molecule has 0 unspecified atom stereocenters. The Morgan fingerprint density at radius 2 is 1.84 bits per heavy atom. The van der Waals surface area contributed by atoms with Crippen molar-refractivity contribution in [2.24, 2.45) is 0 Å². The summed E-state index contributed by atoms with van der Waals surface area (Å²) in [7, 11) is 0. The van der Waals surface area contributed by atoms with Crippen molar-refractivity contribution in [1.82, 2.24) is 10.2 Å². The summed E-state index contributed by atoms with van der Waals surface area (Å²) < 4.78 is 0. The number of piperazine rings is 1. The summed E-state index contributed by atoms with van der Waals surface area (Å²) in [5, 5.41) is 7.81. The highest BCUT2D eigenvalue weighted by molar-refractivity contribution is 6.31. The molecule has 1 saturated heterocycles. The van der Waals surface area contributed by atoms with E-state index >= 15 is 0 Å². The van der Waals surface area contributed by atoms with Gasteiger partial charge in [0.2, 0.25) is 0 Å². The zero-order chi connectivity index (χ0) is 17.6. The number of nitrogens with zero attached hydrogens (tertiary/aromatic N) is 1. The van der Waals surface area contributed by atoms with Gasteiger partial charge in [-0.3, -0.25) is 4.90 Å². The van der Waals surface area contributed by atoms with E-state index in [1.807, 2.05) is 6.07 Å². The van der Waals surface area contributed by atoms with E-state index in [9.17, 15) is 0 Å². The van der Waals surface area contributed by atoms with Gasteiger partial charge >= 0.3 is 0 Å². The Morgan fingerprint density at radius 1 is 1.08 bits per heavy atom. The molecule has 3 nitrogen and oxygen atoms in total. The molecule has 0 atom stereocenters. The molecular weight excluding hydrogens is 330 g/mol. The van der Waals surface area contributed by atoms with Gasteiger partial charge in [-0.1, -0.05) is 37.6 Å². The highest BCUT2D eigenvalue weighted by Crippen LogP contribution is 2.47. The number of nitrogens with one attached hydrogen (secondary N) is 2. The molecular formula is C21H26ClN3. The maximum atomic E-state index is 6.29. The Hall–Kier alpha value is -1.55. The first kappa shape index (κ1) is 16.9. The normalized spacial score (nSPS) is 19.0. The van der Waals surface area contributed by atoms with Crippen LogP contribution in [-0.2, 0) is 12.0 Å². The first-order valence-electron chi connectivity index (χ1n) is 9.09. The number of halogens is 1. The van der Waals surface area contributed by atoms with E-state index in [1.54, 1.807) is 0 Å². The SMILES string of the molecule is Cc1cc(Cl)cc2c1C(C)(C)c1cc(CN3CCNCC3)ccc1N2. The fourth-order valence-corrected chi connectivity index (χ4v) is 4.67. The van der Waals surface area contributed by atoms with Gasteiger partial charge in [0.15, 0.2) is 0 Å². The standard InChI is InChI=1S/C21H26ClN3/c1-14-10-16(22)12-19-20(14)21(2,3)17-11-15(4-5-18(17)24-19)13-25-8-6-23-7-9-25/h4-5,10-12,23-24H,6-9,13H2,1-3H3. The van der Waals surface area contributed by atoms with Gasteiger partial charge in [-0.25, -0.2) is 0 Å². The average Bonchev–Trinajstić information content (AvgIpc) is 2.55. The van der Waals surface area contributed by atoms with Crippen LogP contribution < -0.4 is 10.6 Å². The first-order chi connectivity index (χ1) is 11.9. The van der Waals surface area contributed by atoms with Crippen LogP contribution >= 0.6 is 11.6 Å². The topological polar surface area (TPSA) is 27.3 Å². The summed E-state index contributed by atoms with van der Waals surface area (Å²) in [6, 6.07) is 11.0. The second-order valence-electron chi connectivity index (χ2n) is 7.80. The zero-order valence-corrected chi connectivity index (χ0v) is 16.0. The summed E-state index contributed by atoms with van der Waals surface area (Å²) in [4.78, 5) is 2.53. The number of rotatable bonds is 2. The second-order valence-corrected chi connectivity index (χ2v) is 8.24. The number of hydrogen-bond donors (Lipinski definition) is 2. The minimum absolute atomic E-state index is 0.0376. The van der Waals surface area contributed by atoms with Gasteiger partial charge in [0.05, 0.1) is 0 Å². The molecule has 0 aromatic heterocycles. The molecule has 2 N–H and O–H groups in total. The average molecular weight is 356 g/mol. The van der Waals surface area contributed by atoms with E-state index < -0.39 is 0 Å². The van der Waals surface area contributed by atoms with Crippen LogP contribution in [0.4, 0.5) is 11.4 Å². The molecule has 2 aliphatic heterocycles. The Kier molecular flexibility index (Phi) is 4.27. The highest BCUT2D eigenvalue weighted by atomic mass is 35.5. The van der Waals surface area contributed by atoms with Gasteiger partial charge in [0.1, 0.15) is 0 Å². The van der Waals surface area contributed by atoms with Crippen LogP contribution in [0.1, 0.15) is 36.1 Å². The van der Waals surface area contributed by atoms with Crippen LogP contribution in [0, 0.1) is 6.92 Å². The molecule has 2 aromatic rings. The van der Waals surface area contributed by atoms with Gasteiger partial charge in [-0.05, 0) is 47.4 Å². The summed E-state index contributed by atoms with van der Waals surface area (Å²) in [6.45, 7) is 12.2. The maximum absolute atomic E-state index is 6.29. The molecule has 0 bridgehead atoms. The molecule has 2 heterocycles. The fourth-order valence-electron chi connectivity index (χ4n) is 4.39. The van der Waals surface area contributed by atoms with Crippen molar-refractivity contribution >= 4 is 23.0 Å². The molecule has 0 spiro atoms. The largest absolute Gasteiger partial charge is 0.355 e. The molecule has 132 valence electrons. The Labute approximate surface area is 155 Å². The smallest absolute Gasteiger partial charge is 0.0443 e. The molecule has 2 aromatic carbocycles. The third-order valence-electron chi connectivity index (χ3n) is 5.57. The number of aryl methyl sites for hydroxylation is 1. The van der Waals surface area contributed by atoms with Gasteiger partial charge in [0, 0.05) is 54.5 Å². The lowest BCUT2D eigenvalue weighted by Crippen LogP contribution is -2.42. The van der Waals surface area contributed by atoms with Crippen LogP contribution in [0.15, 0.2) is 30.3 Å². The van der Waals surface area contributed by atoms with Gasteiger partial charge in [-0.15, -0.1) is 0 Å². The second kappa shape index (κ2) is 6.31. The highest BCUT2D eigenvalue weighted by Gasteiger charge is 2.34. The summed E-state index contributed by atoms with van der Waals surface area (Å²) in [6.07, 6.45) is 0. The van der Waals surface area contributed by atoms with Crippen LogP contribution in [0.25, 0.3) is 0 Å². The molecule has 0 amide bonds.